The number of nitrogens with zero attached hydrogens (tertiary/aromatic N) is 1. The van der Waals surface area contributed by atoms with Crippen molar-refractivity contribution in [1.82, 2.24) is 10.2 Å². The Hall–Kier alpha value is -0.710. The summed E-state index contributed by atoms with van der Waals surface area (Å²) in [5.74, 6) is -0.967. The molecule has 5 heteroatoms. The molecule has 0 bridgehead atoms. The molecule has 1 heterocycles. The van der Waals surface area contributed by atoms with Gasteiger partial charge < -0.3 is 5.32 Å². The van der Waals surface area contributed by atoms with Gasteiger partial charge in [-0.25, -0.2) is 8.78 Å². The van der Waals surface area contributed by atoms with Crippen molar-refractivity contribution in [2.24, 2.45) is 0 Å². The molecule has 0 amide bonds. The maximum atomic E-state index is 13.7. The van der Waals surface area contributed by atoms with Gasteiger partial charge in [0.25, 0.3) is 0 Å². The van der Waals surface area contributed by atoms with E-state index in [1.54, 1.807) is 6.07 Å². The van der Waals surface area contributed by atoms with E-state index in [0.29, 0.717) is 5.56 Å². The van der Waals surface area contributed by atoms with Crippen LogP contribution < -0.4 is 5.32 Å². The zero-order valence-electron chi connectivity index (χ0n) is 10.5. The molecular formula is C13H19ClF2N2. The first-order valence-electron chi connectivity index (χ1n) is 6.08. The molecule has 1 aromatic rings. The van der Waals surface area contributed by atoms with E-state index in [-0.39, 0.29) is 18.4 Å². The van der Waals surface area contributed by atoms with Gasteiger partial charge in [0.1, 0.15) is 11.6 Å². The van der Waals surface area contributed by atoms with E-state index in [2.05, 4.69) is 10.2 Å². The second-order valence-corrected chi connectivity index (χ2v) is 4.48. The summed E-state index contributed by atoms with van der Waals surface area (Å²) in [7, 11) is 0. The van der Waals surface area contributed by atoms with Crippen LogP contribution in [0, 0.1) is 11.6 Å². The van der Waals surface area contributed by atoms with Gasteiger partial charge >= 0.3 is 0 Å². The first-order chi connectivity index (χ1) is 8.18. The lowest BCUT2D eigenvalue weighted by Crippen LogP contribution is -2.31. The van der Waals surface area contributed by atoms with E-state index >= 15 is 0 Å². The van der Waals surface area contributed by atoms with Crippen LogP contribution in [0.2, 0.25) is 0 Å². The van der Waals surface area contributed by atoms with Crippen LogP contribution in [-0.4, -0.2) is 31.1 Å². The fraction of sp³-hybridized carbons (Fsp3) is 0.538. The van der Waals surface area contributed by atoms with Crippen LogP contribution in [0.5, 0.6) is 0 Å². The summed E-state index contributed by atoms with van der Waals surface area (Å²) in [5, 5.41) is 3.31. The van der Waals surface area contributed by atoms with Crippen molar-refractivity contribution in [1.29, 1.82) is 0 Å². The van der Waals surface area contributed by atoms with Crippen molar-refractivity contribution in [3.05, 3.63) is 35.4 Å². The second kappa shape index (κ2) is 7.02. The molecule has 1 N–H and O–H groups in total. The minimum Gasteiger partial charge on any atom is -0.315 e. The highest BCUT2D eigenvalue weighted by Gasteiger charge is 2.19. The Morgan fingerprint density at radius 1 is 1.22 bits per heavy atom. The molecule has 0 aromatic heterocycles. The molecule has 0 radical (unpaired) electrons. The van der Waals surface area contributed by atoms with Crippen LogP contribution in [0.15, 0.2) is 18.2 Å². The maximum Gasteiger partial charge on any atom is 0.130 e. The molecule has 0 aliphatic carbocycles. The van der Waals surface area contributed by atoms with Crippen molar-refractivity contribution in [2.75, 3.05) is 26.2 Å². The smallest absolute Gasteiger partial charge is 0.130 e. The Balaban J connectivity index is 0.00000162. The lowest BCUT2D eigenvalue weighted by molar-refractivity contribution is 0.221. The zero-order chi connectivity index (χ0) is 12.3. The Morgan fingerprint density at radius 3 is 2.72 bits per heavy atom. The third-order valence-electron chi connectivity index (χ3n) is 3.33. The number of halogens is 3. The third-order valence-corrected chi connectivity index (χ3v) is 3.33. The van der Waals surface area contributed by atoms with Crippen molar-refractivity contribution >= 4 is 12.4 Å². The van der Waals surface area contributed by atoms with Gasteiger partial charge in [0.15, 0.2) is 0 Å². The van der Waals surface area contributed by atoms with E-state index in [4.69, 9.17) is 0 Å². The lowest BCUT2D eigenvalue weighted by atomic mass is 10.1. The largest absolute Gasteiger partial charge is 0.315 e. The van der Waals surface area contributed by atoms with Crippen molar-refractivity contribution < 1.29 is 8.78 Å². The van der Waals surface area contributed by atoms with Gasteiger partial charge in [0.2, 0.25) is 0 Å². The first-order valence-corrected chi connectivity index (χ1v) is 6.08. The molecule has 2 rings (SSSR count). The second-order valence-electron chi connectivity index (χ2n) is 4.48. The van der Waals surface area contributed by atoms with Crippen LogP contribution in [0.4, 0.5) is 8.78 Å². The predicted octanol–water partition coefficient (Wildman–Crippen LogP) is 2.74. The average Bonchev–Trinajstić information content (AvgIpc) is 2.56. The molecule has 0 saturated carbocycles. The molecule has 1 aliphatic rings. The summed E-state index contributed by atoms with van der Waals surface area (Å²) >= 11 is 0. The van der Waals surface area contributed by atoms with Crippen LogP contribution in [0.3, 0.4) is 0 Å². The molecule has 1 aliphatic heterocycles. The summed E-state index contributed by atoms with van der Waals surface area (Å²) in [5.41, 5.74) is 0.577. The minimum atomic E-state index is -0.518. The van der Waals surface area contributed by atoms with E-state index in [1.165, 1.54) is 6.07 Å². The summed E-state index contributed by atoms with van der Waals surface area (Å²) in [6.07, 6.45) is 1.06. The maximum absolute atomic E-state index is 13.7. The highest BCUT2D eigenvalue weighted by atomic mass is 35.5. The fourth-order valence-electron chi connectivity index (χ4n) is 2.29. The molecule has 1 saturated heterocycles. The molecule has 1 atom stereocenters. The molecule has 1 unspecified atom stereocenters. The molecule has 102 valence electrons. The highest BCUT2D eigenvalue weighted by Crippen LogP contribution is 2.23. The van der Waals surface area contributed by atoms with Crippen LogP contribution >= 0.6 is 12.4 Å². The molecule has 1 fully saturated rings. The Bertz CT molecular complexity index is 379. The van der Waals surface area contributed by atoms with Crippen LogP contribution in [0.1, 0.15) is 24.9 Å². The lowest BCUT2D eigenvalue weighted by Gasteiger charge is -2.27. The summed E-state index contributed by atoms with van der Waals surface area (Å²) < 4.78 is 26.5. The molecule has 0 spiro atoms. The van der Waals surface area contributed by atoms with Crippen LogP contribution in [-0.2, 0) is 0 Å². The van der Waals surface area contributed by atoms with Crippen LogP contribution in [0.25, 0.3) is 0 Å². The number of benzene rings is 1. The summed E-state index contributed by atoms with van der Waals surface area (Å²) in [6.45, 7) is 5.76. The molecule has 1 aromatic carbocycles. The zero-order valence-corrected chi connectivity index (χ0v) is 11.3. The monoisotopic (exact) mass is 276 g/mol. The Labute approximate surface area is 113 Å². The first kappa shape index (κ1) is 15.3. The van der Waals surface area contributed by atoms with E-state index < -0.39 is 11.6 Å². The number of rotatable bonds is 2. The summed E-state index contributed by atoms with van der Waals surface area (Å²) in [4.78, 5) is 2.23. The van der Waals surface area contributed by atoms with Crippen molar-refractivity contribution in [3.8, 4) is 0 Å². The van der Waals surface area contributed by atoms with Gasteiger partial charge in [0, 0.05) is 30.8 Å². The summed E-state index contributed by atoms with van der Waals surface area (Å²) in [6, 6.07) is 3.83. The fourth-order valence-corrected chi connectivity index (χ4v) is 2.29. The number of hydrogen-bond donors (Lipinski definition) is 1. The molecule has 18 heavy (non-hydrogen) atoms. The van der Waals surface area contributed by atoms with E-state index in [9.17, 15) is 8.78 Å². The standard InChI is InChI=1S/C13H18F2N2.ClH/c1-10(17-7-2-5-16-6-8-17)12-4-3-11(14)9-13(12)15;/h3-4,9-10,16H,2,5-8H2,1H3;1H. The normalized spacial score (nSPS) is 18.8. The molecule has 2 nitrogen and oxygen atoms in total. The van der Waals surface area contributed by atoms with Gasteiger partial charge in [-0.1, -0.05) is 6.07 Å². The van der Waals surface area contributed by atoms with E-state index in [1.807, 2.05) is 6.92 Å². The third kappa shape index (κ3) is 3.64. The minimum absolute atomic E-state index is 0. The van der Waals surface area contributed by atoms with Gasteiger partial charge in [-0.3, -0.25) is 4.90 Å². The Kier molecular flexibility index (Phi) is 5.99. The van der Waals surface area contributed by atoms with Crippen molar-refractivity contribution in [2.45, 2.75) is 19.4 Å². The Morgan fingerprint density at radius 2 is 2.00 bits per heavy atom. The van der Waals surface area contributed by atoms with Gasteiger partial charge in [-0.2, -0.15) is 0 Å². The van der Waals surface area contributed by atoms with Crippen molar-refractivity contribution in [3.63, 3.8) is 0 Å². The van der Waals surface area contributed by atoms with Gasteiger partial charge in [0.05, 0.1) is 0 Å². The SMILES string of the molecule is CC(c1ccc(F)cc1F)N1CCCNCC1.Cl. The van der Waals surface area contributed by atoms with E-state index in [0.717, 1.165) is 38.7 Å². The van der Waals surface area contributed by atoms with Gasteiger partial charge in [-0.15, -0.1) is 12.4 Å². The number of hydrogen-bond acceptors (Lipinski definition) is 2. The van der Waals surface area contributed by atoms with Gasteiger partial charge in [-0.05, 0) is 32.5 Å². The predicted molar refractivity (Wildman–Crippen MR) is 71.1 cm³/mol. The molecular weight excluding hydrogens is 258 g/mol. The topological polar surface area (TPSA) is 15.3 Å². The number of nitrogens with one attached hydrogen (secondary N) is 1. The highest BCUT2D eigenvalue weighted by molar-refractivity contribution is 5.85. The quantitative estimate of drug-likeness (QED) is 0.894. The average molecular weight is 277 g/mol.